The van der Waals surface area contributed by atoms with Gasteiger partial charge in [-0.2, -0.15) is 4.31 Å². The quantitative estimate of drug-likeness (QED) is 0.665. The van der Waals surface area contributed by atoms with Gasteiger partial charge in [0.15, 0.2) is 0 Å². The lowest BCUT2D eigenvalue weighted by atomic mass is 10.3. The van der Waals surface area contributed by atoms with Crippen LogP contribution in [-0.4, -0.2) is 49.3 Å². The molecule has 0 rings (SSSR count). The molecule has 0 radical (unpaired) electrons. The summed E-state index contributed by atoms with van der Waals surface area (Å²) in [6.07, 6.45) is 0.729. The first-order chi connectivity index (χ1) is 7.78. The summed E-state index contributed by atoms with van der Waals surface area (Å²) in [4.78, 5) is -0.00396. The van der Waals surface area contributed by atoms with Gasteiger partial charge >= 0.3 is 0 Å². The highest BCUT2D eigenvalue weighted by atomic mass is 32.2. The Balaban J connectivity index is 5.08. The molecule has 0 aliphatic rings. The number of sulfonamides is 1. The van der Waals surface area contributed by atoms with E-state index in [-0.39, 0.29) is 11.0 Å². The summed E-state index contributed by atoms with van der Waals surface area (Å²) in [5, 5.41) is -0.844. The van der Waals surface area contributed by atoms with Gasteiger partial charge < -0.3 is 10.5 Å². The molecule has 0 aliphatic carbocycles. The average molecular weight is 282 g/mol. The van der Waals surface area contributed by atoms with Crippen molar-refractivity contribution < 1.29 is 13.2 Å². The van der Waals surface area contributed by atoms with Crippen LogP contribution in [0.2, 0.25) is 0 Å². The normalized spacial score (nSPS) is 15.8. The zero-order valence-corrected chi connectivity index (χ0v) is 12.5. The van der Waals surface area contributed by atoms with Gasteiger partial charge in [0.2, 0.25) is 10.0 Å². The predicted octanol–water partition coefficient (Wildman–Crippen LogP) is 0.738. The van der Waals surface area contributed by atoms with Gasteiger partial charge in [-0.3, -0.25) is 0 Å². The molecule has 0 saturated heterocycles. The number of thiocarbonyl (C=S) groups is 1. The summed E-state index contributed by atoms with van der Waals surface area (Å²) in [5.41, 5.74) is 5.42. The highest BCUT2D eigenvalue weighted by molar-refractivity contribution is 7.92. The van der Waals surface area contributed by atoms with Crippen LogP contribution in [0.1, 0.15) is 27.2 Å². The number of nitrogens with two attached hydrogens (primary N) is 1. The van der Waals surface area contributed by atoms with Gasteiger partial charge in [-0.05, 0) is 20.3 Å². The Bertz CT molecular complexity index is 343. The first-order valence-corrected chi connectivity index (χ1v) is 7.49. The minimum Gasteiger partial charge on any atom is -0.392 e. The molecule has 5 nitrogen and oxygen atoms in total. The SMILES string of the molecule is CCC(C)N(CCOC)S(=O)(=O)C(C)C(N)=S. The van der Waals surface area contributed by atoms with E-state index in [1.54, 1.807) is 7.11 Å². The van der Waals surface area contributed by atoms with Gasteiger partial charge in [0.1, 0.15) is 5.25 Å². The molecule has 0 aromatic heterocycles. The van der Waals surface area contributed by atoms with E-state index in [9.17, 15) is 8.42 Å². The molecule has 7 heteroatoms. The second kappa shape index (κ2) is 7.25. The van der Waals surface area contributed by atoms with Crippen LogP contribution in [0.3, 0.4) is 0 Å². The molecule has 0 saturated carbocycles. The molecular formula is C10H22N2O3S2. The second-order valence-corrected chi connectivity index (χ2v) is 6.63. The summed E-state index contributed by atoms with van der Waals surface area (Å²) < 4.78 is 30.9. The van der Waals surface area contributed by atoms with Crippen LogP contribution in [0.25, 0.3) is 0 Å². The zero-order chi connectivity index (χ0) is 13.6. The summed E-state index contributed by atoms with van der Waals surface area (Å²) in [6, 6.07) is -0.0908. The minimum atomic E-state index is -3.50. The maximum atomic E-state index is 12.3. The molecule has 0 bridgehead atoms. The standard InChI is InChI=1S/C10H22N2O3S2/c1-5-8(2)12(6-7-15-4)17(13,14)9(3)10(11)16/h8-9H,5-7H2,1-4H3,(H2,11,16). The molecule has 102 valence electrons. The molecule has 17 heavy (non-hydrogen) atoms. The van der Waals surface area contributed by atoms with Crippen molar-refractivity contribution in [2.75, 3.05) is 20.3 Å². The van der Waals surface area contributed by atoms with Crippen LogP contribution >= 0.6 is 12.2 Å². The summed E-state index contributed by atoms with van der Waals surface area (Å²) in [5.74, 6) is 0. The van der Waals surface area contributed by atoms with Crippen molar-refractivity contribution in [2.24, 2.45) is 5.73 Å². The second-order valence-electron chi connectivity index (χ2n) is 3.95. The number of hydrogen-bond acceptors (Lipinski definition) is 4. The molecule has 2 unspecified atom stereocenters. The fourth-order valence-electron chi connectivity index (χ4n) is 1.33. The molecule has 0 aliphatic heterocycles. The number of nitrogens with zero attached hydrogens (tertiary/aromatic N) is 1. The van der Waals surface area contributed by atoms with Crippen molar-refractivity contribution in [3.8, 4) is 0 Å². The van der Waals surface area contributed by atoms with Gasteiger partial charge in [0, 0.05) is 19.7 Å². The Morgan fingerprint density at radius 1 is 1.47 bits per heavy atom. The van der Waals surface area contributed by atoms with Crippen molar-refractivity contribution in [1.82, 2.24) is 4.31 Å². The van der Waals surface area contributed by atoms with E-state index in [0.717, 1.165) is 6.42 Å². The lowest BCUT2D eigenvalue weighted by Crippen LogP contribution is -2.48. The predicted molar refractivity (Wildman–Crippen MR) is 73.5 cm³/mol. The number of hydrogen-bond donors (Lipinski definition) is 1. The first-order valence-electron chi connectivity index (χ1n) is 5.57. The lowest BCUT2D eigenvalue weighted by molar-refractivity contribution is 0.167. The lowest BCUT2D eigenvalue weighted by Gasteiger charge is -2.29. The number of methoxy groups -OCH3 is 1. The molecule has 0 aromatic carbocycles. The van der Waals surface area contributed by atoms with Gasteiger partial charge in [-0.15, -0.1) is 0 Å². The summed E-state index contributed by atoms with van der Waals surface area (Å²) >= 11 is 4.76. The van der Waals surface area contributed by atoms with Gasteiger partial charge in [-0.1, -0.05) is 19.1 Å². The van der Waals surface area contributed by atoms with Gasteiger partial charge in [-0.25, -0.2) is 8.42 Å². The third kappa shape index (κ3) is 4.50. The maximum absolute atomic E-state index is 12.3. The van der Waals surface area contributed by atoms with E-state index in [4.69, 9.17) is 22.7 Å². The summed E-state index contributed by atoms with van der Waals surface area (Å²) in [7, 11) is -1.96. The Morgan fingerprint density at radius 3 is 2.35 bits per heavy atom. The third-order valence-electron chi connectivity index (χ3n) is 2.77. The van der Waals surface area contributed by atoms with Crippen molar-refractivity contribution in [3.63, 3.8) is 0 Å². The molecule has 0 amide bonds. The van der Waals surface area contributed by atoms with Crippen LogP contribution in [0, 0.1) is 0 Å². The van der Waals surface area contributed by atoms with E-state index < -0.39 is 15.3 Å². The van der Waals surface area contributed by atoms with Crippen LogP contribution < -0.4 is 5.73 Å². The Hall–Kier alpha value is -0.240. The van der Waals surface area contributed by atoms with E-state index >= 15 is 0 Å². The monoisotopic (exact) mass is 282 g/mol. The van der Waals surface area contributed by atoms with Crippen LogP contribution in [0.4, 0.5) is 0 Å². The highest BCUT2D eigenvalue weighted by Crippen LogP contribution is 2.15. The molecular weight excluding hydrogens is 260 g/mol. The Labute approximate surface area is 109 Å². The molecule has 2 atom stereocenters. The van der Waals surface area contributed by atoms with Crippen molar-refractivity contribution in [3.05, 3.63) is 0 Å². The third-order valence-corrected chi connectivity index (χ3v) is 5.62. The van der Waals surface area contributed by atoms with E-state index in [1.807, 2.05) is 13.8 Å². The molecule has 0 fully saturated rings. The molecule has 0 heterocycles. The number of ether oxygens (including phenoxy) is 1. The fraction of sp³-hybridized carbons (Fsp3) is 0.900. The average Bonchev–Trinajstić information content (AvgIpc) is 2.27. The maximum Gasteiger partial charge on any atom is 0.223 e. The highest BCUT2D eigenvalue weighted by Gasteiger charge is 2.32. The fourth-order valence-corrected chi connectivity index (χ4v) is 3.38. The van der Waals surface area contributed by atoms with E-state index in [0.29, 0.717) is 13.2 Å². The first kappa shape index (κ1) is 16.8. The Kier molecular flexibility index (Phi) is 7.15. The molecule has 0 spiro atoms. The topological polar surface area (TPSA) is 72.6 Å². The van der Waals surface area contributed by atoms with Crippen molar-refractivity contribution >= 4 is 27.2 Å². The Morgan fingerprint density at radius 2 is 2.00 bits per heavy atom. The van der Waals surface area contributed by atoms with Gasteiger partial charge in [0.05, 0.1) is 11.6 Å². The van der Waals surface area contributed by atoms with Crippen molar-refractivity contribution in [2.45, 2.75) is 38.5 Å². The largest absolute Gasteiger partial charge is 0.392 e. The van der Waals surface area contributed by atoms with Crippen LogP contribution in [-0.2, 0) is 14.8 Å². The minimum absolute atomic E-state index is 0.00396. The van der Waals surface area contributed by atoms with Crippen molar-refractivity contribution in [1.29, 1.82) is 0 Å². The van der Waals surface area contributed by atoms with Gasteiger partial charge in [0.25, 0.3) is 0 Å². The molecule has 0 aromatic rings. The van der Waals surface area contributed by atoms with E-state index in [2.05, 4.69) is 0 Å². The van der Waals surface area contributed by atoms with Crippen LogP contribution in [0.15, 0.2) is 0 Å². The molecule has 2 N–H and O–H groups in total. The van der Waals surface area contributed by atoms with E-state index in [1.165, 1.54) is 11.2 Å². The number of rotatable bonds is 8. The summed E-state index contributed by atoms with van der Waals surface area (Å²) in [6.45, 7) is 5.99. The smallest absolute Gasteiger partial charge is 0.223 e. The van der Waals surface area contributed by atoms with Crippen LogP contribution in [0.5, 0.6) is 0 Å². The zero-order valence-electron chi connectivity index (χ0n) is 10.8.